The molecule has 2 N–H and O–H groups in total. The van der Waals surface area contributed by atoms with Gasteiger partial charge in [0.2, 0.25) is 0 Å². The normalized spacial score (nSPS) is 33.0. The smallest absolute Gasteiger partial charge is 0.307 e. The number of carboxylic acids is 1. The maximum absolute atomic E-state index is 12.3. The van der Waals surface area contributed by atoms with Crippen LogP contribution >= 0.6 is 0 Å². The van der Waals surface area contributed by atoms with E-state index in [0.717, 1.165) is 0 Å². The van der Waals surface area contributed by atoms with Crippen LogP contribution < -0.4 is 4.72 Å². The van der Waals surface area contributed by atoms with Crippen LogP contribution in [0, 0.1) is 5.92 Å². The monoisotopic (exact) mass is 306 g/mol. The molecule has 116 valence electrons. The van der Waals surface area contributed by atoms with E-state index < -0.39 is 22.1 Å². The molecule has 20 heavy (non-hydrogen) atoms. The van der Waals surface area contributed by atoms with E-state index in [2.05, 4.69) is 4.72 Å². The third-order valence-corrected chi connectivity index (χ3v) is 5.52. The zero-order chi connectivity index (χ0) is 14.8. The highest BCUT2D eigenvalue weighted by atomic mass is 32.2. The summed E-state index contributed by atoms with van der Waals surface area (Å²) in [5, 5.41) is 9.02. The van der Waals surface area contributed by atoms with Gasteiger partial charge in [-0.25, -0.2) is 0 Å². The van der Waals surface area contributed by atoms with Crippen LogP contribution in [0.15, 0.2) is 0 Å². The lowest BCUT2D eigenvalue weighted by Crippen LogP contribution is -2.51. The number of carboxylic acid groups (broad SMARTS) is 1. The van der Waals surface area contributed by atoms with Crippen molar-refractivity contribution in [2.24, 2.45) is 5.92 Å². The van der Waals surface area contributed by atoms with Crippen molar-refractivity contribution < 1.29 is 23.1 Å². The Kier molecular flexibility index (Phi) is 5.00. The predicted octanol–water partition coefficient (Wildman–Crippen LogP) is 0.185. The third-order valence-electron chi connectivity index (χ3n) is 3.87. The molecule has 0 aromatic carbocycles. The van der Waals surface area contributed by atoms with E-state index in [1.54, 1.807) is 0 Å². The molecule has 0 aliphatic carbocycles. The number of hydrogen-bond acceptors (Lipinski definition) is 4. The molecule has 0 radical (unpaired) electrons. The van der Waals surface area contributed by atoms with Crippen LogP contribution in [0.2, 0.25) is 0 Å². The summed E-state index contributed by atoms with van der Waals surface area (Å²) in [5.41, 5.74) is 0. The van der Waals surface area contributed by atoms with Crippen LogP contribution in [0.5, 0.6) is 0 Å². The molecule has 8 heteroatoms. The Labute approximate surface area is 119 Å². The van der Waals surface area contributed by atoms with Crippen molar-refractivity contribution in [2.45, 2.75) is 44.8 Å². The van der Waals surface area contributed by atoms with Gasteiger partial charge in [-0.15, -0.1) is 0 Å². The van der Waals surface area contributed by atoms with Crippen molar-refractivity contribution >= 4 is 16.2 Å². The first-order valence-corrected chi connectivity index (χ1v) is 8.44. The highest BCUT2D eigenvalue weighted by Gasteiger charge is 2.34. The van der Waals surface area contributed by atoms with E-state index in [1.807, 2.05) is 6.92 Å². The molecule has 2 heterocycles. The van der Waals surface area contributed by atoms with Gasteiger partial charge in [0.25, 0.3) is 10.2 Å². The van der Waals surface area contributed by atoms with Gasteiger partial charge in [0, 0.05) is 25.7 Å². The predicted molar refractivity (Wildman–Crippen MR) is 72.4 cm³/mol. The molecular weight excluding hydrogens is 284 g/mol. The molecule has 2 aliphatic heterocycles. The molecule has 0 saturated carbocycles. The second-order valence-corrected chi connectivity index (χ2v) is 7.26. The van der Waals surface area contributed by atoms with Crippen molar-refractivity contribution in [3.8, 4) is 0 Å². The maximum atomic E-state index is 12.3. The lowest BCUT2D eigenvalue weighted by Gasteiger charge is -2.33. The summed E-state index contributed by atoms with van der Waals surface area (Å²) in [6.07, 6.45) is 2.47. The molecule has 0 aromatic rings. The Morgan fingerprint density at radius 2 is 2.15 bits per heavy atom. The van der Waals surface area contributed by atoms with Crippen LogP contribution in [0.4, 0.5) is 0 Å². The molecule has 0 spiro atoms. The summed E-state index contributed by atoms with van der Waals surface area (Å²) in [6, 6.07) is -0.131. The Bertz CT molecular complexity index is 453. The molecule has 3 unspecified atom stereocenters. The highest BCUT2D eigenvalue weighted by Crippen LogP contribution is 2.20. The van der Waals surface area contributed by atoms with Crippen molar-refractivity contribution in [3.05, 3.63) is 0 Å². The van der Waals surface area contributed by atoms with Gasteiger partial charge in [-0.3, -0.25) is 4.79 Å². The molecule has 7 nitrogen and oxygen atoms in total. The van der Waals surface area contributed by atoms with Crippen LogP contribution in [0.1, 0.15) is 32.6 Å². The van der Waals surface area contributed by atoms with Crippen molar-refractivity contribution in [1.29, 1.82) is 0 Å². The number of piperidine rings is 1. The first-order valence-electron chi connectivity index (χ1n) is 7.00. The fourth-order valence-electron chi connectivity index (χ4n) is 2.75. The molecular formula is C12H22N2O5S. The van der Waals surface area contributed by atoms with E-state index in [0.29, 0.717) is 38.8 Å². The van der Waals surface area contributed by atoms with E-state index in [-0.39, 0.29) is 18.7 Å². The van der Waals surface area contributed by atoms with E-state index >= 15 is 0 Å². The summed E-state index contributed by atoms with van der Waals surface area (Å²) in [6.45, 7) is 2.91. The number of nitrogens with one attached hydrogen (secondary N) is 1. The zero-order valence-corrected chi connectivity index (χ0v) is 12.4. The summed E-state index contributed by atoms with van der Waals surface area (Å²) in [5.74, 6) is -1.53. The average molecular weight is 306 g/mol. The summed E-state index contributed by atoms with van der Waals surface area (Å²) >= 11 is 0. The van der Waals surface area contributed by atoms with Gasteiger partial charge >= 0.3 is 5.97 Å². The lowest BCUT2D eigenvalue weighted by molar-refractivity contribution is -0.142. The maximum Gasteiger partial charge on any atom is 0.307 e. The molecule has 2 rings (SSSR count). The fraction of sp³-hybridized carbons (Fsp3) is 0.917. The second kappa shape index (κ2) is 6.38. The quantitative estimate of drug-likeness (QED) is 0.772. The topological polar surface area (TPSA) is 95.9 Å². The number of ether oxygens (including phenoxy) is 1. The minimum Gasteiger partial charge on any atom is -0.481 e. The Morgan fingerprint density at radius 1 is 1.40 bits per heavy atom. The summed E-state index contributed by atoms with van der Waals surface area (Å²) in [7, 11) is -3.61. The molecule has 2 saturated heterocycles. The number of rotatable bonds is 4. The molecule has 0 aromatic heterocycles. The van der Waals surface area contributed by atoms with Gasteiger partial charge in [-0.2, -0.15) is 17.4 Å². The largest absolute Gasteiger partial charge is 0.481 e. The number of hydrogen-bond donors (Lipinski definition) is 2. The summed E-state index contributed by atoms with van der Waals surface area (Å²) in [4.78, 5) is 11.0. The molecule has 0 bridgehead atoms. The number of carbonyl (C=O) groups is 1. The Hall–Kier alpha value is -0.700. The minimum absolute atomic E-state index is 0.0459. The minimum atomic E-state index is -3.61. The number of aliphatic carboxylic acids is 1. The van der Waals surface area contributed by atoms with E-state index in [1.165, 1.54) is 4.31 Å². The standard InChI is InChI=1S/C12H22N2O5S/c1-9-7-11(4-6-19-9)13-20(17,18)14-5-2-3-10(8-14)12(15)16/h9-11,13H,2-8H2,1H3,(H,15,16). The van der Waals surface area contributed by atoms with E-state index in [4.69, 9.17) is 9.84 Å². The highest BCUT2D eigenvalue weighted by molar-refractivity contribution is 7.87. The molecule has 0 amide bonds. The zero-order valence-electron chi connectivity index (χ0n) is 11.6. The average Bonchev–Trinajstić information content (AvgIpc) is 2.38. The van der Waals surface area contributed by atoms with Crippen molar-refractivity contribution in [2.75, 3.05) is 19.7 Å². The molecule has 2 aliphatic rings. The first-order chi connectivity index (χ1) is 9.38. The van der Waals surface area contributed by atoms with Crippen LogP contribution in [-0.4, -0.2) is 55.6 Å². The van der Waals surface area contributed by atoms with Crippen LogP contribution in [-0.2, 0) is 19.7 Å². The molecule has 3 atom stereocenters. The second-order valence-electron chi connectivity index (χ2n) is 5.56. The van der Waals surface area contributed by atoms with Gasteiger partial charge in [0.1, 0.15) is 0 Å². The molecule has 2 fully saturated rings. The Balaban J connectivity index is 1.97. The van der Waals surface area contributed by atoms with Crippen LogP contribution in [0.25, 0.3) is 0 Å². The Morgan fingerprint density at radius 3 is 2.80 bits per heavy atom. The van der Waals surface area contributed by atoms with Gasteiger partial charge < -0.3 is 9.84 Å². The van der Waals surface area contributed by atoms with Gasteiger partial charge in [0.15, 0.2) is 0 Å². The van der Waals surface area contributed by atoms with Gasteiger partial charge in [-0.1, -0.05) is 0 Å². The first kappa shape index (κ1) is 15.7. The van der Waals surface area contributed by atoms with E-state index in [9.17, 15) is 13.2 Å². The van der Waals surface area contributed by atoms with Crippen molar-refractivity contribution in [3.63, 3.8) is 0 Å². The summed E-state index contributed by atoms with van der Waals surface area (Å²) < 4.78 is 33.9. The SMILES string of the molecule is CC1CC(NS(=O)(=O)N2CCCC(C(=O)O)C2)CCO1. The number of nitrogens with zero attached hydrogens (tertiary/aromatic N) is 1. The lowest BCUT2D eigenvalue weighted by atomic mass is 10.0. The fourth-order valence-corrected chi connectivity index (χ4v) is 4.28. The van der Waals surface area contributed by atoms with Gasteiger partial charge in [0.05, 0.1) is 12.0 Å². The third kappa shape index (κ3) is 3.91. The van der Waals surface area contributed by atoms with Crippen molar-refractivity contribution in [1.82, 2.24) is 9.03 Å². The van der Waals surface area contributed by atoms with Gasteiger partial charge in [-0.05, 0) is 32.6 Å². The van der Waals surface area contributed by atoms with Crippen LogP contribution in [0.3, 0.4) is 0 Å².